The SMILES string of the molecule is CCOCCn1nc(CC)c2nc(N3C[C@@H](C)N[C@H](C)C3)nc(Nc3ccc(C)cn3)c21. The molecule has 3 aromatic heterocycles. The Kier molecular flexibility index (Phi) is 6.86. The fourth-order valence-corrected chi connectivity index (χ4v) is 4.21. The zero-order valence-corrected chi connectivity index (χ0v) is 19.7. The van der Waals surface area contributed by atoms with Crippen molar-refractivity contribution in [2.45, 2.75) is 59.7 Å². The van der Waals surface area contributed by atoms with Gasteiger partial charge in [-0.05, 0) is 45.7 Å². The highest BCUT2D eigenvalue weighted by Crippen LogP contribution is 2.29. The molecule has 1 aliphatic rings. The molecular formula is C23H34N8O. The van der Waals surface area contributed by atoms with Crippen LogP contribution in [-0.2, 0) is 17.7 Å². The van der Waals surface area contributed by atoms with E-state index in [1.54, 1.807) is 0 Å². The highest BCUT2D eigenvalue weighted by molar-refractivity contribution is 5.90. The predicted molar refractivity (Wildman–Crippen MR) is 128 cm³/mol. The van der Waals surface area contributed by atoms with Crippen LogP contribution >= 0.6 is 0 Å². The Morgan fingerprint density at radius 2 is 1.94 bits per heavy atom. The van der Waals surface area contributed by atoms with E-state index in [9.17, 15) is 0 Å². The number of ether oxygens (including phenoxy) is 1. The molecule has 0 aliphatic carbocycles. The van der Waals surface area contributed by atoms with Crippen molar-refractivity contribution in [3.05, 3.63) is 29.6 Å². The molecule has 4 rings (SSSR count). The minimum Gasteiger partial charge on any atom is -0.380 e. The lowest BCUT2D eigenvalue weighted by atomic mass is 10.1. The monoisotopic (exact) mass is 438 g/mol. The Labute approximate surface area is 189 Å². The van der Waals surface area contributed by atoms with E-state index in [4.69, 9.17) is 19.8 Å². The van der Waals surface area contributed by atoms with Gasteiger partial charge in [0.1, 0.15) is 16.9 Å². The van der Waals surface area contributed by atoms with E-state index < -0.39 is 0 Å². The lowest BCUT2D eigenvalue weighted by molar-refractivity contribution is 0.137. The van der Waals surface area contributed by atoms with Gasteiger partial charge in [-0.15, -0.1) is 0 Å². The highest BCUT2D eigenvalue weighted by atomic mass is 16.5. The first-order valence-electron chi connectivity index (χ1n) is 11.5. The fourth-order valence-electron chi connectivity index (χ4n) is 4.21. The number of nitrogens with zero attached hydrogens (tertiary/aromatic N) is 6. The zero-order valence-electron chi connectivity index (χ0n) is 19.7. The molecule has 0 bridgehead atoms. The summed E-state index contributed by atoms with van der Waals surface area (Å²) in [6.45, 7) is 14.2. The summed E-state index contributed by atoms with van der Waals surface area (Å²) in [5, 5.41) is 11.9. The van der Waals surface area contributed by atoms with Crippen LogP contribution in [0.15, 0.2) is 18.3 Å². The molecule has 2 atom stereocenters. The normalized spacial score (nSPS) is 19.0. The van der Waals surface area contributed by atoms with Gasteiger partial charge < -0.3 is 20.3 Å². The number of piperazine rings is 1. The van der Waals surface area contributed by atoms with Crippen LogP contribution in [-0.4, -0.2) is 63.1 Å². The number of hydrogen-bond donors (Lipinski definition) is 2. The molecule has 0 saturated carbocycles. The van der Waals surface area contributed by atoms with Crippen molar-refractivity contribution in [1.82, 2.24) is 30.0 Å². The lowest BCUT2D eigenvalue weighted by Crippen LogP contribution is -2.54. The number of hydrogen-bond acceptors (Lipinski definition) is 8. The number of anilines is 3. The molecule has 0 amide bonds. The van der Waals surface area contributed by atoms with Crippen LogP contribution in [0.4, 0.5) is 17.6 Å². The van der Waals surface area contributed by atoms with Crippen LogP contribution in [0.3, 0.4) is 0 Å². The van der Waals surface area contributed by atoms with Crippen molar-refractivity contribution in [2.75, 3.05) is 36.5 Å². The van der Waals surface area contributed by atoms with Crippen LogP contribution in [0.5, 0.6) is 0 Å². The number of aryl methyl sites for hydroxylation is 2. The molecule has 1 aliphatic heterocycles. The molecule has 172 valence electrons. The Balaban J connectivity index is 1.81. The molecule has 2 N–H and O–H groups in total. The van der Waals surface area contributed by atoms with E-state index in [1.165, 1.54) is 0 Å². The molecule has 0 aromatic carbocycles. The van der Waals surface area contributed by atoms with Gasteiger partial charge in [0.15, 0.2) is 5.82 Å². The van der Waals surface area contributed by atoms with Gasteiger partial charge in [-0.3, -0.25) is 4.68 Å². The minimum absolute atomic E-state index is 0.368. The van der Waals surface area contributed by atoms with Gasteiger partial charge in [-0.1, -0.05) is 13.0 Å². The van der Waals surface area contributed by atoms with Gasteiger partial charge in [0.2, 0.25) is 5.95 Å². The van der Waals surface area contributed by atoms with Crippen molar-refractivity contribution >= 4 is 28.6 Å². The third-order valence-electron chi connectivity index (χ3n) is 5.63. The summed E-state index contributed by atoms with van der Waals surface area (Å²) in [5.74, 6) is 2.20. The van der Waals surface area contributed by atoms with Gasteiger partial charge in [-0.2, -0.15) is 10.1 Å². The third kappa shape index (κ3) is 4.83. The summed E-state index contributed by atoms with van der Waals surface area (Å²) in [7, 11) is 0. The van der Waals surface area contributed by atoms with Gasteiger partial charge in [0, 0.05) is 38.0 Å². The van der Waals surface area contributed by atoms with Gasteiger partial charge in [0.05, 0.1) is 18.8 Å². The maximum absolute atomic E-state index is 5.59. The van der Waals surface area contributed by atoms with Gasteiger partial charge in [0.25, 0.3) is 0 Å². The lowest BCUT2D eigenvalue weighted by Gasteiger charge is -2.36. The van der Waals surface area contributed by atoms with E-state index in [0.29, 0.717) is 31.8 Å². The van der Waals surface area contributed by atoms with E-state index in [2.05, 4.69) is 41.3 Å². The molecule has 32 heavy (non-hydrogen) atoms. The third-order valence-corrected chi connectivity index (χ3v) is 5.63. The summed E-state index contributed by atoms with van der Waals surface area (Å²) in [6.07, 6.45) is 2.65. The molecule has 3 aromatic rings. The summed E-state index contributed by atoms with van der Waals surface area (Å²) in [6, 6.07) is 4.75. The van der Waals surface area contributed by atoms with E-state index in [0.717, 1.165) is 59.4 Å². The molecule has 1 fully saturated rings. The molecule has 0 spiro atoms. The summed E-state index contributed by atoms with van der Waals surface area (Å²) in [4.78, 5) is 16.8. The van der Waals surface area contributed by atoms with E-state index in [-0.39, 0.29) is 0 Å². The molecule has 9 nitrogen and oxygen atoms in total. The Morgan fingerprint density at radius 3 is 2.59 bits per heavy atom. The average Bonchev–Trinajstić information content (AvgIpc) is 3.13. The van der Waals surface area contributed by atoms with Crippen molar-refractivity contribution in [1.29, 1.82) is 0 Å². The van der Waals surface area contributed by atoms with Gasteiger partial charge in [-0.25, -0.2) is 9.97 Å². The second kappa shape index (κ2) is 9.79. The largest absolute Gasteiger partial charge is 0.380 e. The Bertz CT molecular complexity index is 1040. The average molecular weight is 439 g/mol. The zero-order chi connectivity index (χ0) is 22.7. The first-order chi connectivity index (χ1) is 15.5. The molecule has 0 unspecified atom stereocenters. The van der Waals surface area contributed by atoms with Crippen LogP contribution in [0, 0.1) is 6.92 Å². The van der Waals surface area contributed by atoms with Crippen LogP contribution < -0.4 is 15.5 Å². The number of pyridine rings is 1. The number of aromatic nitrogens is 5. The number of nitrogens with one attached hydrogen (secondary N) is 2. The minimum atomic E-state index is 0.368. The smallest absolute Gasteiger partial charge is 0.228 e. The highest BCUT2D eigenvalue weighted by Gasteiger charge is 2.26. The Morgan fingerprint density at radius 1 is 1.16 bits per heavy atom. The van der Waals surface area contributed by atoms with Crippen LogP contribution in [0.2, 0.25) is 0 Å². The maximum Gasteiger partial charge on any atom is 0.228 e. The summed E-state index contributed by atoms with van der Waals surface area (Å²) in [5.41, 5.74) is 3.87. The molecule has 9 heteroatoms. The van der Waals surface area contributed by atoms with Crippen molar-refractivity contribution in [3.63, 3.8) is 0 Å². The van der Waals surface area contributed by atoms with Crippen LogP contribution in [0.1, 0.15) is 39.0 Å². The number of rotatable bonds is 8. The number of fused-ring (bicyclic) bond motifs is 1. The first kappa shape index (κ1) is 22.4. The van der Waals surface area contributed by atoms with Crippen LogP contribution in [0.25, 0.3) is 11.0 Å². The second-order valence-corrected chi connectivity index (χ2v) is 8.51. The molecule has 0 radical (unpaired) electrons. The fraction of sp³-hybridized carbons (Fsp3) is 0.565. The predicted octanol–water partition coefficient (Wildman–Crippen LogP) is 3.06. The topological polar surface area (TPSA) is 93.0 Å². The molecule has 4 heterocycles. The van der Waals surface area contributed by atoms with Gasteiger partial charge >= 0.3 is 0 Å². The van der Waals surface area contributed by atoms with E-state index in [1.807, 2.05) is 36.9 Å². The first-order valence-corrected chi connectivity index (χ1v) is 11.5. The summed E-state index contributed by atoms with van der Waals surface area (Å²) < 4.78 is 7.56. The van der Waals surface area contributed by atoms with Crippen molar-refractivity contribution in [3.8, 4) is 0 Å². The quantitative estimate of drug-likeness (QED) is 0.519. The maximum atomic E-state index is 5.59. The Hall–Kier alpha value is -2.78. The second-order valence-electron chi connectivity index (χ2n) is 8.51. The molecule has 1 saturated heterocycles. The van der Waals surface area contributed by atoms with Crippen molar-refractivity contribution < 1.29 is 4.74 Å². The molecular weight excluding hydrogens is 404 g/mol. The van der Waals surface area contributed by atoms with Crippen molar-refractivity contribution in [2.24, 2.45) is 0 Å². The standard InChI is InChI=1S/C23H34N8O/c1-6-18-20-21(31(29-18)10-11-32-7-2)22(26-19-9-8-15(3)12-24-19)28-23(27-20)30-13-16(4)25-17(5)14-30/h8-9,12,16-17,25H,6-7,10-11,13-14H2,1-5H3,(H,24,26,27,28)/t16-,17-/m1/s1. The summed E-state index contributed by atoms with van der Waals surface area (Å²) >= 11 is 0. The van der Waals surface area contributed by atoms with E-state index >= 15 is 0 Å².